The summed E-state index contributed by atoms with van der Waals surface area (Å²) < 4.78 is 27.9. The molecule has 1 aliphatic heterocycles. The Hall–Kier alpha value is -1.99. The van der Waals surface area contributed by atoms with Crippen LogP contribution in [0.3, 0.4) is 0 Å². The number of primary amides is 1. The molecule has 3 rings (SSSR count). The first-order chi connectivity index (χ1) is 11.3. The van der Waals surface area contributed by atoms with Gasteiger partial charge in [0.25, 0.3) is 0 Å². The molecule has 24 heavy (non-hydrogen) atoms. The number of carbonyl (C=O) groups is 1. The predicted molar refractivity (Wildman–Crippen MR) is 91.8 cm³/mol. The van der Waals surface area contributed by atoms with Crippen molar-refractivity contribution in [2.24, 2.45) is 11.7 Å². The average Bonchev–Trinajstić information content (AvgIpc) is 2.55. The van der Waals surface area contributed by atoms with Crippen molar-refractivity contribution in [1.82, 2.24) is 9.29 Å². The second-order valence-corrected chi connectivity index (χ2v) is 8.24. The van der Waals surface area contributed by atoms with Crippen LogP contribution in [0.25, 0.3) is 10.9 Å². The van der Waals surface area contributed by atoms with Crippen molar-refractivity contribution < 1.29 is 13.2 Å². The number of sulfonamides is 1. The summed E-state index contributed by atoms with van der Waals surface area (Å²) in [5.74, 6) is -0.886. The first-order valence-corrected chi connectivity index (χ1v) is 9.42. The number of rotatable bonds is 3. The Balaban J connectivity index is 2.11. The van der Waals surface area contributed by atoms with Crippen LogP contribution in [0.4, 0.5) is 0 Å². The van der Waals surface area contributed by atoms with Gasteiger partial charge < -0.3 is 5.73 Å². The highest BCUT2D eigenvalue weighted by molar-refractivity contribution is 7.89. The van der Waals surface area contributed by atoms with Gasteiger partial charge in [-0.05, 0) is 50.5 Å². The van der Waals surface area contributed by atoms with E-state index in [4.69, 9.17) is 5.73 Å². The van der Waals surface area contributed by atoms with E-state index in [0.29, 0.717) is 23.7 Å². The number of piperidine rings is 1. The van der Waals surface area contributed by atoms with Crippen molar-refractivity contribution in [3.8, 4) is 0 Å². The quantitative estimate of drug-likeness (QED) is 0.916. The maximum atomic E-state index is 13.2. The van der Waals surface area contributed by atoms with E-state index in [1.807, 2.05) is 13.8 Å². The van der Waals surface area contributed by atoms with Gasteiger partial charge in [-0.3, -0.25) is 9.78 Å². The van der Waals surface area contributed by atoms with E-state index >= 15 is 0 Å². The lowest BCUT2D eigenvalue weighted by Gasteiger charge is -2.36. The molecule has 1 aromatic carbocycles. The van der Waals surface area contributed by atoms with Crippen molar-refractivity contribution in [1.29, 1.82) is 0 Å². The van der Waals surface area contributed by atoms with Gasteiger partial charge in [0.2, 0.25) is 15.9 Å². The van der Waals surface area contributed by atoms with E-state index in [0.717, 1.165) is 5.56 Å². The third-order valence-electron chi connectivity index (χ3n) is 4.75. The molecule has 2 heterocycles. The minimum absolute atomic E-state index is 0.133. The number of fused-ring (bicyclic) bond motifs is 1. The Labute approximate surface area is 141 Å². The Kier molecular flexibility index (Phi) is 4.31. The van der Waals surface area contributed by atoms with Crippen LogP contribution in [0, 0.1) is 12.8 Å². The first kappa shape index (κ1) is 16.9. The van der Waals surface area contributed by atoms with Crippen LogP contribution in [0.1, 0.15) is 25.3 Å². The highest BCUT2D eigenvalue weighted by Crippen LogP contribution is 2.32. The van der Waals surface area contributed by atoms with Gasteiger partial charge >= 0.3 is 0 Å². The number of amides is 1. The van der Waals surface area contributed by atoms with Gasteiger partial charge in [-0.25, -0.2) is 8.42 Å². The fourth-order valence-corrected chi connectivity index (χ4v) is 5.17. The lowest BCUT2D eigenvalue weighted by Crippen LogP contribution is -2.48. The van der Waals surface area contributed by atoms with E-state index in [2.05, 4.69) is 4.98 Å². The molecule has 7 heteroatoms. The summed E-state index contributed by atoms with van der Waals surface area (Å²) in [6, 6.07) is 6.71. The topological polar surface area (TPSA) is 93.4 Å². The molecule has 128 valence electrons. The predicted octanol–water partition coefficient (Wildman–Crippen LogP) is 1.82. The summed E-state index contributed by atoms with van der Waals surface area (Å²) >= 11 is 0. The summed E-state index contributed by atoms with van der Waals surface area (Å²) in [6.45, 7) is 3.90. The zero-order chi connectivity index (χ0) is 17.5. The molecule has 0 aliphatic carbocycles. The maximum absolute atomic E-state index is 13.2. The fourth-order valence-electron chi connectivity index (χ4n) is 3.28. The Morgan fingerprint density at radius 3 is 2.75 bits per heavy atom. The Morgan fingerprint density at radius 1 is 1.29 bits per heavy atom. The fraction of sp³-hybridized carbons (Fsp3) is 0.412. The molecule has 6 nitrogen and oxygen atoms in total. The summed E-state index contributed by atoms with van der Waals surface area (Å²) in [6.07, 6.45) is 2.89. The van der Waals surface area contributed by atoms with E-state index in [1.54, 1.807) is 30.5 Å². The molecule has 2 unspecified atom stereocenters. The molecule has 0 bridgehead atoms. The minimum atomic E-state index is -3.74. The maximum Gasteiger partial charge on any atom is 0.244 e. The number of pyridine rings is 1. The molecule has 1 saturated heterocycles. The summed E-state index contributed by atoms with van der Waals surface area (Å²) in [5.41, 5.74) is 6.99. The highest BCUT2D eigenvalue weighted by Gasteiger charge is 2.37. The zero-order valence-electron chi connectivity index (χ0n) is 13.8. The lowest BCUT2D eigenvalue weighted by atomic mass is 9.95. The first-order valence-electron chi connectivity index (χ1n) is 7.98. The zero-order valence-corrected chi connectivity index (χ0v) is 14.6. The number of hydrogen-bond donors (Lipinski definition) is 1. The van der Waals surface area contributed by atoms with Crippen LogP contribution in [-0.2, 0) is 14.8 Å². The smallest absolute Gasteiger partial charge is 0.244 e. The van der Waals surface area contributed by atoms with Crippen molar-refractivity contribution in [2.75, 3.05) is 6.54 Å². The molecule has 1 aliphatic rings. The van der Waals surface area contributed by atoms with Crippen LogP contribution < -0.4 is 5.73 Å². The highest BCUT2D eigenvalue weighted by atomic mass is 32.2. The van der Waals surface area contributed by atoms with E-state index in [-0.39, 0.29) is 17.5 Å². The standard InChI is InChI=1S/C17H21N3O3S/c1-11-5-8-15(14-4-3-9-19-16(11)14)24(22,23)20-10-13(17(18)21)7-6-12(20)2/h3-5,8-9,12-13H,6-7,10H2,1-2H3,(H2,18,21). The van der Waals surface area contributed by atoms with Gasteiger partial charge in [-0.2, -0.15) is 4.31 Å². The van der Waals surface area contributed by atoms with Crippen LogP contribution in [0.2, 0.25) is 0 Å². The van der Waals surface area contributed by atoms with Crippen molar-refractivity contribution >= 4 is 26.8 Å². The summed E-state index contributed by atoms with van der Waals surface area (Å²) in [4.78, 5) is 16.1. The Bertz CT molecular complexity index is 895. The minimum Gasteiger partial charge on any atom is -0.369 e. The molecule has 2 aromatic rings. The van der Waals surface area contributed by atoms with Crippen LogP contribution in [0.5, 0.6) is 0 Å². The number of nitrogens with zero attached hydrogens (tertiary/aromatic N) is 2. The van der Waals surface area contributed by atoms with Gasteiger partial charge in [0.05, 0.1) is 16.3 Å². The second kappa shape index (κ2) is 6.14. The molecule has 2 N–H and O–H groups in total. The average molecular weight is 347 g/mol. The number of aromatic nitrogens is 1. The van der Waals surface area contributed by atoms with Gasteiger partial charge in [0.15, 0.2) is 0 Å². The normalized spacial score (nSPS) is 22.6. The van der Waals surface area contributed by atoms with E-state index < -0.39 is 21.8 Å². The second-order valence-electron chi connectivity index (χ2n) is 6.38. The van der Waals surface area contributed by atoms with Crippen LogP contribution >= 0.6 is 0 Å². The molecule has 0 radical (unpaired) electrons. The summed E-state index contributed by atoms with van der Waals surface area (Å²) in [7, 11) is -3.74. The SMILES string of the molecule is Cc1ccc(S(=O)(=O)N2CC(C(N)=O)CCC2C)c2cccnc12. The Morgan fingerprint density at radius 2 is 2.04 bits per heavy atom. The number of hydrogen-bond acceptors (Lipinski definition) is 4. The van der Waals surface area contributed by atoms with Crippen molar-refractivity contribution in [3.05, 3.63) is 36.0 Å². The van der Waals surface area contributed by atoms with Crippen molar-refractivity contribution in [2.45, 2.75) is 37.6 Å². The van der Waals surface area contributed by atoms with E-state index in [9.17, 15) is 13.2 Å². The lowest BCUT2D eigenvalue weighted by molar-refractivity contribution is -0.123. The molecule has 2 atom stereocenters. The van der Waals surface area contributed by atoms with Crippen molar-refractivity contribution in [3.63, 3.8) is 0 Å². The van der Waals surface area contributed by atoms with E-state index in [1.165, 1.54) is 4.31 Å². The molecule has 0 saturated carbocycles. The molecule has 1 fully saturated rings. The molecule has 1 aromatic heterocycles. The van der Waals surface area contributed by atoms with Gasteiger partial charge in [0.1, 0.15) is 0 Å². The number of benzene rings is 1. The monoisotopic (exact) mass is 347 g/mol. The molecular weight excluding hydrogens is 326 g/mol. The largest absolute Gasteiger partial charge is 0.369 e. The molecular formula is C17H21N3O3S. The summed E-state index contributed by atoms with van der Waals surface area (Å²) in [5, 5.41) is 0.603. The number of carbonyl (C=O) groups excluding carboxylic acids is 1. The van der Waals surface area contributed by atoms with Gasteiger partial charge in [-0.1, -0.05) is 6.07 Å². The van der Waals surface area contributed by atoms with Gasteiger partial charge in [-0.15, -0.1) is 0 Å². The molecule has 0 spiro atoms. The third-order valence-corrected chi connectivity index (χ3v) is 6.78. The molecule has 1 amide bonds. The van der Waals surface area contributed by atoms with Gasteiger partial charge in [0, 0.05) is 24.2 Å². The van der Waals surface area contributed by atoms with Crippen LogP contribution in [0.15, 0.2) is 35.4 Å². The van der Waals surface area contributed by atoms with Crippen LogP contribution in [-0.4, -0.2) is 36.2 Å². The number of nitrogens with two attached hydrogens (primary N) is 1. The number of aryl methyl sites for hydroxylation is 1. The third kappa shape index (κ3) is 2.78.